The predicted molar refractivity (Wildman–Crippen MR) is 67.6 cm³/mol. The minimum absolute atomic E-state index is 0.123. The first-order valence-electron chi connectivity index (χ1n) is 5.77. The molecule has 1 saturated heterocycles. The number of imide groups is 1. The number of hydrogen-bond acceptors (Lipinski definition) is 5. The summed E-state index contributed by atoms with van der Waals surface area (Å²) in [6.45, 7) is 1.57. The van der Waals surface area contributed by atoms with Gasteiger partial charge in [-0.05, 0) is 13.0 Å². The Bertz CT molecular complexity index is 540. The molecule has 1 aromatic heterocycles. The largest absolute Gasteiger partial charge is 0.387 e. The number of piperazine rings is 1. The molecule has 0 aromatic carbocycles. The maximum absolute atomic E-state index is 12.3. The number of rotatable bonds is 2. The van der Waals surface area contributed by atoms with Crippen LogP contribution in [0, 0.1) is 6.92 Å². The van der Waals surface area contributed by atoms with Crippen LogP contribution in [0.1, 0.15) is 16.1 Å². The van der Waals surface area contributed by atoms with Crippen molar-refractivity contribution in [2.45, 2.75) is 6.92 Å². The van der Waals surface area contributed by atoms with Gasteiger partial charge in [-0.2, -0.15) is 0 Å². The third-order valence-electron chi connectivity index (χ3n) is 2.78. The Morgan fingerprint density at radius 1 is 1.37 bits per heavy atom. The zero-order chi connectivity index (χ0) is 14.0. The van der Waals surface area contributed by atoms with Crippen LogP contribution in [0.4, 0.5) is 5.69 Å². The topological polar surface area (TPSA) is 91.4 Å². The molecule has 0 unspecified atom stereocenters. The van der Waals surface area contributed by atoms with E-state index in [-0.39, 0.29) is 19.0 Å². The van der Waals surface area contributed by atoms with Crippen LogP contribution in [0.25, 0.3) is 0 Å². The van der Waals surface area contributed by atoms with Crippen LogP contribution in [0.2, 0.25) is 0 Å². The normalized spacial score (nSPS) is 15.2. The van der Waals surface area contributed by atoms with E-state index in [4.69, 9.17) is 0 Å². The number of hydrogen-bond donors (Lipinski definition) is 2. The molecule has 1 aliphatic rings. The first-order valence-corrected chi connectivity index (χ1v) is 5.77. The second-order valence-corrected chi connectivity index (χ2v) is 4.25. The molecular formula is C12H14N4O3. The Labute approximate surface area is 110 Å². The quantitative estimate of drug-likeness (QED) is 0.703. The lowest BCUT2D eigenvalue weighted by atomic mass is 10.1. The van der Waals surface area contributed by atoms with Gasteiger partial charge >= 0.3 is 0 Å². The molecule has 7 heteroatoms. The number of pyridine rings is 1. The number of amides is 3. The molecule has 1 fully saturated rings. The Balaban J connectivity index is 2.28. The van der Waals surface area contributed by atoms with E-state index in [1.165, 1.54) is 11.1 Å². The van der Waals surface area contributed by atoms with Gasteiger partial charge in [-0.15, -0.1) is 0 Å². The summed E-state index contributed by atoms with van der Waals surface area (Å²) in [5.41, 5.74) is 1.74. The Morgan fingerprint density at radius 3 is 2.58 bits per heavy atom. The first kappa shape index (κ1) is 13.0. The van der Waals surface area contributed by atoms with Gasteiger partial charge in [-0.1, -0.05) is 0 Å². The molecule has 2 rings (SSSR count). The number of nitrogens with one attached hydrogen (secondary N) is 2. The number of aromatic nitrogens is 1. The third kappa shape index (κ3) is 2.70. The number of carbonyl (C=O) groups is 3. The van der Waals surface area contributed by atoms with E-state index in [0.29, 0.717) is 11.3 Å². The van der Waals surface area contributed by atoms with Crippen molar-refractivity contribution >= 4 is 23.4 Å². The smallest absolute Gasteiger partial charge is 0.258 e. The van der Waals surface area contributed by atoms with E-state index in [1.807, 2.05) is 6.92 Å². The van der Waals surface area contributed by atoms with Crippen molar-refractivity contribution in [3.05, 3.63) is 23.5 Å². The summed E-state index contributed by atoms with van der Waals surface area (Å²) in [6, 6.07) is 1.74. The highest BCUT2D eigenvalue weighted by Crippen LogP contribution is 2.17. The molecule has 1 aromatic rings. The minimum atomic E-state index is -0.476. The average Bonchev–Trinajstić information content (AvgIpc) is 2.36. The van der Waals surface area contributed by atoms with Crippen LogP contribution in [0.15, 0.2) is 12.3 Å². The Morgan fingerprint density at radius 2 is 2.00 bits per heavy atom. The summed E-state index contributed by atoms with van der Waals surface area (Å²) in [7, 11) is 1.69. The zero-order valence-corrected chi connectivity index (χ0v) is 10.7. The van der Waals surface area contributed by atoms with Gasteiger partial charge in [0.25, 0.3) is 5.91 Å². The Hall–Kier alpha value is -2.44. The second kappa shape index (κ2) is 5.05. The molecular weight excluding hydrogens is 248 g/mol. The summed E-state index contributed by atoms with van der Waals surface area (Å²) < 4.78 is 0. The molecule has 0 aliphatic carbocycles. The van der Waals surface area contributed by atoms with Crippen LogP contribution in [-0.4, -0.2) is 47.7 Å². The van der Waals surface area contributed by atoms with E-state index in [1.54, 1.807) is 13.1 Å². The SMILES string of the molecule is CNc1cc(C)ncc1C(=O)N1CC(=O)NC(=O)C1. The summed E-state index contributed by atoms with van der Waals surface area (Å²) in [4.78, 5) is 40.1. The third-order valence-corrected chi connectivity index (χ3v) is 2.78. The first-order chi connectivity index (χ1) is 9.01. The van der Waals surface area contributed by atoms with Crippen molar-refractivity contribution in [3.8, 4) is 0 Å². The van der Waals surface area contributed by atoms with Crippen molar-refractivity contribution < 1.29 is 14.4 Å². The minimum Gasteiger partial charge on any atom is -0.387 e. The van der Waals surface area contributed by atoms with Crippen molar-refractivity contribution in [3.63, 3.8) is 0 Å². The van der Waals surface area contributed by atoms with E-state index in [0.717, 1.165) is 5.69 Å². The van der Waals surface area contributed by atoms with Crippen molar-refractivity contribution in [2.75, 3.05) is 25.5 Å². The maximum atomic E-state index is 12.3. The molecule has 1 aliphatic heterocycles. The summed E-state index contributed by atoms with van der Waals surface area (Å²) in [5.74, 6) is -1.34. The highest BCUT2D eigenvalue weighted by molar-refractivity contribution is 6.07. The van der Waals surface area contributed by atoms with Crippen LogP contribution in [0.5, 0.6) is 0 Å². The predicted octanol–water partition coefficient (Wildman–Crippen LogP) is -0.470. The lowest BCUT2D eigenvalue weighted by Gasteiger charge is -2.26. The molecule has 0 bridgehead atoms. The molecule has 7 nitrogen and oxygen atoms in total. The van der Waals surface area contributed by atoms with Gasteiger partial charge in [-0.25, -0.2) is 0 Å². The second-order valence-electron chi connectivity index (χ2n) is 4.25. The number of anilines is 1. The average molecular weight is 262 g/mol. The van der Waals surface area contributed by atoms with Gasteiger partial charge in [0.15, 0.2) is 0 Å². The lowest BCUT2D eigenvalue weighted by molar-refractivity contribution is -0.135. The molecule has 2 heterocycles. The maximum Gasteiger partial charge on any atom is 0.258 e. The van der Waals surface area contributed by atoms with Crippen LogP contribution >= 0.6 is 0 Å². The van der Waals surface area contributed by atoms with Crippen LogP contribution in [0.3, 0.4) is 0 Å². The van der Waals surface area contributed by atoms with E-state index in [9.17, 15) is 14.4 Å². The summed E-state index contributed by atoms with van der Waals surface area (Å²) >= 11 is 0. The molecule has 0 atom stereocenters. The monoisotopic (exact) mass is 262 g/mol. The highest BCUT2D eigenvalue weighted by Gasteiger charge is 2.28. The van der Waals surface area contributed by atoms with Gasteiger partial charge in [0.1, 0.15) is 13.1 Å². The fourth-order valence-electron chi connectivity index (χ4n) is 1.89. The fraction of sp³-hybridized carbons (Fsp3) is 0.333. The molecule has 100 valence electrons. The number of carbonyl (C=O) groups excluding carboxylic acids is 3. The van der Waals surface area contributed by atoms with E-state index >= 15 is 0 Å². The van der Waals surface area contributed by atoms with Gasteiger partial charge in [-0.3, -0.25) is 24.7 Å². The van der Waals surface area contributed by atoms with E-state index < -0.39 is 11.8 Å². The van der Waals surface area contributed by atoms with Crippen molar-refractivity contribution in [1.82, 2.24) is 15.2 Å². The van der Waals surface area contributed by atoms with Gasteiger partial charge in [0.05, 0.1) is 11.3 Å². The molecule has 19 heavy (non-hydrogen) atoms. The molecule has 0 spiro atoms. The Kier molecular flexibility index (Phi) is 3.46. The summed E-state index contributed by atoms with van der Waals surface area (Å²) in [6.07, 6.45) is 1.44. The van der Waals surface area contributed by atoms with Gasteiger partial charge < -0.3 is 10.2 Å². The highest BCUT2D eigenvalue weighted by atomic mass is 16.2. The number of nitrogens with zero attached hydrogens (tertiary/aromatic N) is 2. The van der Waals surface area contributed by atoms with E-state index in [2.05, 4.69) is 15.6 Å². The zero-order valence-electron chi connectivity index (χ0n) is 10.7. The van der Waals surface area contributed by atoms with Crippen molar-refractivity contribution in [1.29, 1.82) is 0 Å². The summed E-state index contributed by atoms with van der Waals surface area (Å²) in [5, 5.41) is 5.06. The molecule has 0 radical (unpaired) electrons. The van der Waals surface area contributed by atoms with Gasteiger partial charge in [0.2, 0.25) is 11.8 Å². The van der Waals surface area contributed by atoms with Crippen LogP contribution < -0.4 is 10.6 Å². The van der Waals surface area contributed by atoms with Crippen molar-refractivity contribution in [2.24, 2.45) is 0 Å². The molecule has 3 amide bonds. The molecule has 0 saturated carbocycles. The fourth-order valence-corrected chi connectivity index (χ4v) is 1.89. The number of aryl methyl sites for hydroxylation is 1. The standard InChI is InChI=1S/C12H14N4O3/c1-7-3-9(13-2)8(4-14-7)12(19)16-5-10(17)15-11(18)6-16/h3-4H,5-6H2,1-2H3,(H,13,14)(H,15,17,18). The van der Waals surface area contributed by atoms with Gasteiger partial charge in [0, 0.05) is 18.9 Å². The molecule has 2 N–H and O–H groups in total. The lowest BCUT2D eigenvalue weighted by Crippen LogP contribution is -2.53. The van der Waals surface area contributed by atoms with Crippen LogP contribution in [-0.2, 0) is 9.59 Å².